The maximum absolute atomic E-state index is 13.7. The summed E-state index contributed by atoms with van der Waals surface area (Å²) in [5.74, 6) is 0. The number of piperidine rings is 1. The van der Waals surface area contributed by atoms with Gasteiger partial charge >= 0.3 is 12.3 Å². The summed E-state index contributed by atoms with van der Waals surface area (Å²) in [6.45, 7) is 0.697. The maximum Gasteiger partial charge on any atom is 0.418 e. The molecule has 0 radical (unpaired) electrons. The lowest BCUT2D eigenvalue weighted by molar-refractivity contribution is -0.136. The number of alkyl halides is 3. The molecule has 0 saturated carbocycles. The number of aromatic nitrogens is 1. The van der Waals surface area contributed by atoms with Crippen LogP contribution in [0.1, 0.15) is 24.0 Å². The molecule has 0 bridgehead atoms. The first-order valence-corrected chi connectivity index (χ1v) is 16.0. The quantitative estimate of drug-likeness (QED) is 0.189. The molecule has 1 aromatic heterocycles. The standard InChI is InChI=1S/C35H29F3N2O4S/c36-35(37,38)32-14-6-13-31-30(15-18-39-33(31)32)27-11-4-9-25(21-27)26-10-5-12-29(22-26)45(42,43)28-16-19-40(20-17-28)34(41)44-23-24-7-2-1-3-8-24/h1-15,18,21-22,28H,16-17,19-20,23H2. The number of pyridine rings is 1. The number of benzene rings is 4. The molecule has 1 aliphatic heterocycles. The maximum atomic E-state index is 13.7. The average molecular weight is 631 g/mol. The molecule has 230 valence electrons. The third-order valence-electron chi connectivity index (χ3n) is 8.09. The number of rotatable bonds is 6. The van der Waals surface area contributed by atoms with Crippen molar-refractivity contribution in [1.82, 2.24) is 9.88 Å². The van der Waals surface area contributed by atoms with E-state index in [0.717, 1.165) is 17.2 Å². The summed E-state index contributed by atoms with van der Waals surface area (Å²) < 4.78 is 73.7. The van der Waals surface area contributed by atoms with E-state index in [9.17, 15) is 26.4 Å². The molecule has 0 spiro atoms. The molecular weight excluding hydrogens is 601 g/mol. The van der Waals surface area contributed by atoms with Gasteiger partial charge in [0.05, 0.1) is 21.2 Å². The van der Waals surface area contributed by atoms with Crippen LogP contribution in [0.25, 0.3) is 33.2 Å². The van der Waals surface area contributed by atoms with Gasteiger partial charge in [-0.2, -0.15) is 13.2 Å². The largest absolute Gasteiger partial charge is 0.445 e. The van der Waals surface area contributed by atoms with Crippen molar-refractivity contribution in [2.75, 3.05) is 13.1 Å². The fraction of sp³-hybridized carbons (Fsp3) is 0.200. The summed E-state index contributed by atoms with van der Waals surface area (Å²) >= 11 is 0. The van der Waals surface area contributed by atoms with E-state index in [2.05, 4.69) is 4.98 Å². The smallest absolute Gasteiger partial charge is 0.418 e. The molecule has 0 atom stereocenters. The van der Waals surface area contributed by atoms with Crippen LogP contribution >= 0.6 is 0 Å². The highest BCUT2D eigenvalue weighted by Crippen LogP contribution is 2.38. The number of fused-ring (bicyclic) bond motifs is 1. The second-order valence-corrected chi connectivity index (χ2v) is 13.2. The van der Waals surface area contributed by atoms with Crippen molar-refractivity contribution in [2.24, 2.45) is 0 Å². The second kappa shape index (κ2) is 12.4. The molecule has 5 aromatic rings. The average Bonchev–Trinajstić information content (AvgIpc) is 3.07. The lowest BCUT2D eigenvalue weighted by atomic mass is 9.96. The van der Waals surface area contributed by atoms with Crippen LogP contribution < -0.4 is 0 Å². The van der Waals surface area contributed by atoms with E-state index in [0.29, 0.717) is 22.1 Å². The van der Waals surface area contributed by atoms with Gasteiger partial charge in [0.25, 0.3) is 0 Å². The lowest BCUT2D eigenvalue weighted by Gasteiger charge is -2.31. The molecule has 6 rings (SSSR count). The Morgan fingerprint density at radius 3 is 2.22 bits per heavy atom. The van der Waals surface area contributed by atoms with Crippen molar-refractivity contribution >= 4 is 26.8 Å². The molecule has 4 aromatic carbocycles. The van der Waals surface area contributed by atoms with E-state index in [4.69, 9.17) is 4.74 Å². The second-order valence-electron chi connectivity index (χ2n) is 10.9. The van der Waals surface area contributed by atoms with Crippen LogP contribution in [0.2, 0.25) is 0 Å². The Bertz CT molecular complexity index is 1960. The summed E-state index contributed by atoms with van der Waals surface area (Å²) in [6, 6.07) is 29.0. The van der Waals surface area contributed by atoms with Crippen molar-refractivity contribution < 1.29 is 31.1 Å². The van der Waals surface area contributed by atoms with Crippen LogP contribution in [0.4, 0.5) is 18.0 Å². The number of nitrogens with zero attached hydrogens (tertiary/aromatic N) is 2. The molecule has 1 amide bonds. The van der Waals surface area contributed by atoms with Gasteiger partial charge < -0.3 is 9.64 Å². The normalized spacial score (nSPS) is 14.4. The third-order valence-corrected chi connectivity index (χ3v) is 10.4. The number of halogens is 3. The molecule has 45 heavy (non-hydrogen) atoms. The van der Waals surface area contributed by atoms with Crippen molar-refractivity contribution in [2.45, 2.75) is 35.8 Å². The first kappa shape index (κ1) is 30.3. The summed E-state index contributed by atoms with van der Waals surface area (Å²) in [7, 11) is -3.70. The zero-order valence-electron chi connectivity index (χ0n) is 24.1. The number of likely N-dealkylation sites (tertiary alicyclic amines) is 1. The van der Waals surface area contributed by atoms with Gasteiger partial charge in [-0.25, -0.2) is 13.2 Å². The Balaban J connectivity index is 1.19. The minimum Gasteiger partial charge on any atom is -0.445 e. The Hall–Kier alpha value is -4.70. The molecule has 1 saturated heterocycles. The molecule has 6 nitrogen and oxygen atoms in total. The minimum atomic E-state index is -4.54. The fourth-order valence-corrected chi connectivity index (χ4v) is 7.50. The topological polar surface area (TPSA) is 76.6 Å². The fourth-order valence-electron chi connectivity index (χ4n) is 5.73. The van der Waals surface area contributed by atoms with E-state index in [1.54, 1.807) is 48.5 Å². The van der Waals surface area contributed by atoms with E-state index in [-0.39, 0.29) is 43.0 Å². The van der Waals surface area contributed by atoms with E-state index < -0.39 is 32.9 Å². The summed E-state index contributed by atoms with van der Waals surface area (Å²) in [4.78, 5) is 18.3. The molecule has 2 heterocycles. The van der Waals surface area contributed by atoms with Crippen molar-refractivity contribution in [3.63, 3.8) is 0 Å². The summed E-state index contributed by atoms with van der Waals surface area (Å²) in [5.41, 5.74) is 2.59. The van der Waals surface area contributed by atoms with Gasteiger partial charge in [-0.1, -0.05) is 72.8 Å². The Labute approximate surface area is 259 Å². The predicted octanol–water partition coefficient (Wildman–Crippen LogP) is 8.16. The molecule has 10 heteroatoms. The number of hydrogen-bond donors (Lipinski definition) is 0. The highest BCUT2D eigenvalue weighted by atomic mass is 32.2. The predicted molar refractivity (Wildman–Crippen MR) is 166 cm³/mol. The summed E-state index contributed by atoms with van der Waals surface area (Å²) in [5, 5.41) is -0.278. The third kappa shape index (κ3) is 6.42. The Morgan fingerprint density at radius 1 is 0.822 bits per heavy atom. The number of hydrogen-bond acceptors (Lipinski definition) is 5. The van der Waals surface area contributed by atoms with Crippen LogP contribution in [0.3, 0.4) is 0 Å². The zero-order chi connectivity index (χ0) is 31.6. The monoisotopic (exact) mass is 630 g/mol. The van der Waals surface area contributed by atoms with E-state index in [1.165, 1.54) is 17.2 Å². The first-order valence-electron chi connectivity index (χ1n) is 14.5. The Morgan fingerprint density at radius 2 is 1.49 bits per heavy atom. The highest BCUT2D eigenvalue weighted by Gasteiger charge is 2.34. The van der Waals surface area contributed by atoms with E-state index in [1.807, 2.05) is 42.5 Å². The zero-order valence-corrected chi connectivity index (χ0v) is 24.9. The van der Waals surface area contributed by atoms with Crippen LogP contribution in [0, 0.1) is 0 Å². The van der Waals surface area contributed by atoms with Crippen LogP contribution in [-0.4, -0.2) is 42.7 Å². The lowest BCUT2D eigenvalue weighted by Crippen LogP contribution is -2.42. The van der Waals surface area contributed by atoms with Crippen LogP contribution in [0.5, 0.6) is 0 Å². The number of ether oxygens (including phenoxy) is 1. The number of carbonyl (C=O) groups is 1. The number of amides is 1. The summed E-state index contributed by atoms with van der Waals surface area (Å²) in [6.07, 6.45) is -3.06. The van der Waals surface area contributed by atoms with Gasteiger partial charge in [-0.05, 0) is 71.0 Å². The van der Waals surface area contributed by atoms with Crippen molar-refractivity contribution in [3.8, 4) is 22.3 Å². The SMILES string of the molecule is O=C(OCc1ccccc1)N1CCC(S(=O)(=O)c2cccc(-c3cccc(-c4ccnc5c(C(F)(F)F)cccc45)c3)c2)CC1. The van der Waals surface area contributed by atoms with Crippen LogP contribution in [-0.2, 0) is 27.4 Å². The molecular formula is C35H29F3N2O4S. The number of sulfone groups is 1. The minimum absolute atomic E-state index is 0.128. The molecule has 0 aliphatic carbocycles. The first-order chi connectivity index (χ1) is 21.6. The van der Waals surface area contributed by atoms with Crippen molar-refractivity contribution in [1.29, 1.82) is 0 Å². The number of carbonyl (C=O) groups excluding carboxylic acids is 1. The van der Waals surface area contributed by atoms with Crippen molar-refractivity contribution in [3.05, 3.63) is 120 Å². The van der Waals surface area contributed by atoms with Gasteiger partial charge in [-0.3, -0.25) is 4.98 Å². The van der Waals surface area contributed by atoms with Gasteiger partial charge in [0.1, 0.15) is 6.61 Å². The molecule has 0 unspecified atom stereocenters. The molecule has 0 N–H and O–H groups in total. The van der Waals surface area contributed by atoms with Gasteiger partial charge in [0.2, 0.25) is 0 Å². The van der Waals surface area contributed by atoms with Gasteiger partial charge in [0.15, 0.2) is 9.84 Å². The molecule has 1 aliphatic rings. The number of para-hydroxylation sites is 1. The van der Waals surface area contributed by atoms with E-state index >= 15 is 0 Å². The van der Waals surface area contributed by atoms with Crippen LogP contribution in [0.15, 0.2) is 114 Å². The van der Waals surface area contributed by atoms with Gasteiger partial charge in [0, 0.05) is 24.7 Å². The Kier molecular flexibility index (Phi) is 8.33. The van der Waals surface area contributed by atoms with Gasteiger partial charge in [-0.15, -0.1) is 0 Å². The molecule has 1 fully saturated rings. The highest BCUT2D eigenvalue weighted by molar-refractivity contribution is 7.92.